The summed E-state index contributed by atoms with van der Waals surface area (Å²) in [4.78, 5) is 22.4. The van der Waals surface area contributed by atoms with E-state index in [0.717, 1.165) is 25.8 Å². The van der Waals surface area contributed by atoms with E-state index in [1.807, 2.05) is 4.68 Å². The van der Waals surface area contributed by atoms with Crippen LogP contribution in [0.5, 0.6) is 0 Å². The number of fused-ring (bicyclic) bond motifs is 1. The maximum absolute atomic E-state index is 12.4. The summed E-state index contributed by atoms with van der Waals surface area (Å²) in [5, 5.41) is 4.93. The second-order valence-electron chi connectivity index (χ2n) is 7.11. The topological polar surface area (TPSA) is 66.8 Å². The van der Waals surface area contributed by atoms with Crippen molar-refractivity contribution in [3.8, 4) is 0 Å². The van der Waals surface area contributed by atoms with E-state index in [1.54, 1.807) is 6.20 Å². The van der Waals surface area contributed by atoms with Gasteiger partial charge < -0.3 is 4.90 Å². The lowest BCUT2D eigenvalue weighted by Crippen LogP contribution is -2.41. The molecule has 0 aromatic carbocycles. The van der Waals surface area contributed by atoms with Crippen molar-refractivity contribution in [3.05, 3.63) is 16.6 Å². The molecule has 2 aromatic heterocycles. The molecule has 1 saturated heterocycles. The van der Waals surface area contributed by atoms with Crippen LogP contribution in [-0.4, -0.2) is 32.3 Å². The van der Waals surface area contributed by atoms with Crippen LogP contribution in [0.3, 0.4) is 0 Å². The van der Waals surface area contributed by atoms with Crippen LogP contribution in [0.25, 0.3) is 11.0 Å². The third-order valence-electron chi connectivity index (χ3n) is 4.43. The molecule has 1 N–H and O–H groups in total. The van der Waals surface area contributed by atoms with Crippen LogP contribution in [0.4, 0.5) is 5.95 Å². The van der Waals surface area contributed by atoms with Gasteiger partial charge in [0.2, 0.25) is 5.95 Å². The summed E-state index contributed by atoms with van der Waals surface area (Å²) in [5.41, 5.74) is 0.369. The zero-order chi connectivity index (χ0) is 15.9. The lowest BCUT2D eigenvalue weighted by Gasteiger charge is -2.35. The highest BCUT2D eigenvalue weighted by Crippen LogP contribution is 2.25. The van der Waals surface area contributed by atoms with Crippen LogP contribution in [0, 0.1) is 0 Å². The summed E-state index contributed by atoms with van der Waals surface area (Å²) >= 11 is 0. The highest BCUT2D eigenvalue weighted by atomic mass is 16.1. The van der Waals surface area contributed by atoms with E-state index in [4.69, 9.17) is 4.98 Å². The first kappa shape index (κ1) is 15.1. The molecule has 0 saturated carbocycles. The standard InChI is InChI=1S/C16H25N5O/c1-5-11-8-6-7-9-20(11)15-18-13-12(14(22)19-15)10-17-21(13)16(2,3)4/h10-11H,5-9H2,1-4H3,(H,18,19,22). The Morgan fingerprint density at radius 2 is 2.14 bits per heavy atom. The predicted molar refractivity (Wildman–Crippen MR) is 88.4 cm³/mol. The zero-order valence-electron chi connectivity index (χ0n) is 13.9. The number of aromatic amines is 1. The third kappa shape index (κ3) is 2.51. The van der Waals surface area contributed by atoms with Gasteiger partial charge in [-0.3, -0.25) is 9.78 Å². The van der Waals surface area contributed by atoms with E-state index in [0.29, 0.717) is 23.0 Å². The van der Waals surface area contributed by atoms with Crippen LogP contribution in [0.2, 0.25) is 0 Å². The van der Waals surface area contributed by atoms with Crippen molar-refractivity contribution in [1.29, 1.82) is 0 Å². The molecule has 1 atom stereocenters. The van der Waals surface area contributed by atoms with Crippen molar-refractivity contribution in [2.75, 3.05) is 11.4 Å². The zero-order valence-corrected chi connectivity index (χ0v) is 13.9. The van der Waals surface area contributed by atoms with E-state index < -0.39 is 0 Å². The molecule has 1 aliphatic rings. The lowest BCUT2D eigenvalue weighted by molar-refractivity contribution is 0.365. The van der Waals surface area contributed by atoms with Crippen LogP contribution in [-0.2, 0) is 5.54 Å². The molecule has 0 aliphatic carbocycles. The van der Waals surface area contributed by atoms with Gasteiger partial charge in [-0.25, -0.2) is 4.68 Å². The van der Waals surface area contributed by atoms with Crippen molar-refractivity contribution >= 4 is 17.0 Å². The molecule has 6 heteroatoms. The summed E-state index contributed by atoms with van der Waals surface area (Å²) < 4.78 is 1.84. The van der Waals surface area contributed by atoms with Gasteiger partial charge >= 0.3 is 0 Å². The number of H-pyrrole nitrogens is 1. The Bertz CT molecular complexity index is 724. The molecule has 120 valence electrons. The van der Waals surface area contributed by atoms with Crippen molar-refractivity contribution < 1.29 is 0 Å². The highest BCUT2D eigenvalue weighted by Gasteiger charge is 2.25. The molecule has 1 unspecified atom stereocenters. The number of anilines is 1. The molecule has 3 rings (SSSR count). The van der Waals surface area contributed by atoms with Crippen LogP contribution in [0.15, 0.2) is 11.0 Å². The fourth-order valence-electron chi connectivity index (χ4n) is 3.24. The van der Waals surface area contributed by atoms with Gasteiger partial charge in [-0.1, -0.05) is 6.92 Å². The van der Waals surface area contributed by atoms with Crippen molar-refractivity contribution in [3.63, 3.8) is 0 Å². The van der Waals surface area contributed by atoms with Gasteiger partial charge in [-0.05, 0) is 46.5 Å². The second kappa shape index (κ2) is 5.41. The van der Waals surface area contributed by atoms with Gasteiger partial charge in [0.25, 0.3) is 5.56 Å². The fourth-order valence-corrected chi connectivity index (χ4v) is 3.24. The normalized spacial score (nSPS) is 19.8. The van der Waals surface area contributed by atoms with E-state index in [2.05, 4.69) is 42.7 Å². The minimum Gasteiger partial charge on any atom is -0.339 e. The maximum atomic E-state index is 12.4. The molecular formula is C16H25N5O. The average molecular weight is 303 g/mol. The molecular weight excluding hydrogens is 278 g/mol. The van der Waals surface area contributed by atoms with Gasteiger partial charge in [0.1, 0.15) is 5.39 Å². The largest absolute Gasteiger partial charge is 0.339 e. The first-order chi connectivity index (χ1) is 10.4. The number of hydrogen-bond donors (Lipinski definition) is 1. The third-order valence-corrected chi connectivity index (χ3v) is 4.43. The van der Waals surface area contributed by atoms with E-state index in [1.165, 1.54) is 6.42 Å². The number of nitrogens with zero attached hydrogens (tertiary/aromatic N) is 4. The number of nitrogens with one attached hydrogen (secondary N) is 1. The maximum Gasteiger partial charge on any atom is 0.263 e. The molecule has 0 spiro atoms. The van der Waals surface area contributed by atoms with Gasteiger partial charge in [-0.15, -0.1) is 0 Å². The van der Waals surface area contributed by atoms with Crippen molar-refractivity contribution in [1.82, 2.24) is 19.7 Å². The number of rotatable bonds is 2. The number of aromatic nitrogens is 4. The minimum absolute atomic E-state index is 0.101. The Balaban J connectivity index is 2.13. The van der Waals surface area contributed by atoms with Gasteiger partial charge in [-0.2, -0.15) is 10.1 Å². The molecule has 0 amide bonds. The second-order valence-corrected chi connectivity index (χ2v) is 7.11. The SMILES string of the molecule is CCC1CCCCN1c1nc2c(cnn2C(C)(C)C)c(=O)[nH]1. The predicted octanol–water partition coefficient (Wildman–Crippen LogP) is 2.64. The van der Waals surface area contributed by atoms with Gasteiger partial charge in [0, 0.05) is 12.6 Å². The molecule has 1 aliphatic heterocycles. The van der Waals surface area contributed by atoms with Crippen molar-refractivity contribution in [2.24, 2.45) is 0 Å². The summed E-state index contributed by atoms with van der Waals surface area (Å²) in [6.07, 6.45) is 6.25. The average Bonchev–Trinajstić information content (AvgIpc) is 2.91. The summed E-state index contributed by atoms with van der Waals surface area (Å²) in [6.45, 7) is 9.35. The quantitative estimate of drug-likeness (QED) is 0.926. The number of hydrogen-bond acceptors (Lipinski definition) is 4. The van der Waals surface area contributed by atoms with Gasteiger partial charge in [0.15, 0.2) is 5.65 Å². The summed E-state index contributed by atoms with van der Waals surface area (Å²) in [5.74, 6) is 0.690. The first-order valence-electron chi connectivity index (χ1n) is 8.17. The van der Waals surface area contributed by atoms with Gasteiger partial charge in [0.05, 0.1) is 11.7 Å². The first-order valence-corrected chi connectivity index (χ1v) is 8.17. The molecule has 1 fully saturated rings. The summed E-state index contributed by atoms with van der Waals surface area (Å²) in [7, 11) is 0. The minimum atomic E-state index is -0.203. The van der Waals surface area contributed by atoms with E-state index >= 15 is 0 Å². The molecule has 0 radical (unpaired) electrons. The molecule has 2 aromatic rings. The molecule has 0 bridgehead atoms. The fraction of sp³-hybridized carbons (Fsp3) is 0.688. The molecule has 22 heavy (non-hydrogen) atoms. The lowest BCUT2D eigenvalue weighted by atomic mass is 10.0. The van der Waals surface area contributed by atoms with Crippen LogP contribution < -0.4 is 10.5 Å². The molecule has 3 heterocycles. The Morgan fingerprint density at radius 3 is 2.82 bits per heavy atom. The van der Waals surface area contributed by atoms with E-state index in [-0.39, 0.29) is 11.1 Å². The van der Waals surface area contributed by atoms with Crippen LogP contribution >= 0.6 is 0 Å². The smallest absolute Gasteiger partial charge is 0.263 e. The Hall–Kier alpha value is -1.85. The Kier molecular flexibility index (Phi) is 3.70. The summed E-state index contributed by atoms with van der Waals surface area (Å²) in [6, 6.07) is 0.459. The number of piperidine rings is 1. The van der Waals surface area contributed by atoms with Crippen LogP contribution in [0.1, 0.15) is 53.4 Å². The highest BCUT2D eigenvalue weighted by molar-refractivity contribution is 5.74. The Morgan fingerprint density at radius 1 is 1.36 bits per heavy atom. The van der Waals surface area contributed by atoms with E-state index in [9.17, 15) is 4.79 Å². The monoisotopic (exact) mass is 303 g/mol. The molecule has 6 nitrogen and oxygen atoms in total. The van der Waals surface area contributed by atoms with Crippen molar-refractivity contribution in [2.45, 2.75) is 65.0 Å². The Labute approximate surface area is 130 Å².